The van der Waals surface area contributed by atoms with Crippen LogP contribution in [0.1, 0.15) is 12.8 Å². The largest absolute Gasteiger partial charge is 0.296 e. The summed E-state index contributed by atoms with van der Waals surface area (Å²) in [5.41, 5.74) is 0. The summed E-state index contributed by atoms with van der Waals surface area (Å²) in [6, 6.07) is 0. The molecule has 0 unspecified atom stereocenters. The summed E-state index contributed by atoms with van der Waals surface area (Å²) >= 11 is 0. The lowest BCUT2D eigenvalue weighted by molar-refractivity contribution is -0.128. The van der Waals surface area contributed by atoms with Crippen LogP contribution in [0.15, 0.2) is 0 Å². The first-order chi connectivity index (χ1) is 3.72. The lowest BCUT2D eigenvalue weighted by Crippen LogP contribution is -2.13. The third kappa shape index (κ3) is 0.638. The zero-order valence-electron chi connectivity index (χ0n) is 4.19. The number of ketones is 2. The van der Waals surface area contributed by atoms with Gasteiger partial charge in [-0.3, -0.25) is 9.59 Å². The Balaban J connectivity index is 2.70. The van der Waals surface area contributed by atoms with Gasteiger partial charge < -0.3 is 0 Å². The van der Waals surface area contributed by atoms with Crippen LogP contribution in [0.4, 0.5) is 4.39 Å². The molecule has 8 heavy (non-hydrogen) atoms. The van der Waals surface area contributed by atoms with E-state index in [1.165, 1.54) is 0 Å². The van der Waals surface area contributed by atoms with Crippen LogP contribution in [0.3, 0.4) is 0 Å². The van der Waals surface area contributed by atoms with Crippen LogP contribution in [0.25, 0.3) is 0 Å². The Kier molecular flexibility index (Phi) is 1.12. The Bertz CT molecular complexity index is 125. The minimum Gasteiger partial charge on any atom is -0.296 e. The average molecular weight is 116 g/mol. The number of alkyl halides is 1. The van der Waals surface area contributed by atoms with Crippen molar-refractivity contribution in [2.75, 3.05) is 0 Å². The molecule has 3 heteroatoms. The zero-order chi connectivity index (χ0) is 6.15. The highest BCUT2D eigenvalue weighted by atomic mass is 19.1. The molecule has 1 aliphatic carbocycles. The Morgan fingerprint density at radius 3 is 1.75 bits per heavy atom. The Morgan fingerprint density at radius 2 is 1.62 bits per heavy atom. The molecule has 0 aromatic rings. The molecular weight excluding hydrogens is 111 g/mol. The highest BCUT2D eigenvalue weighted by Crippen LogP contribution is 2.12. The summed E-state index contributed by atoms with van der Waals surface area (Å²) in [5, 5.41) is 0. The Morgan fingerprint density at radius 1 is 1.25 bits per heavy atom. The van der Waals surface area contributed by atoms with Crippen molar-refractivity contribution in [3.8, 4) is 0 Å². The van der Waals surface area contributed by atoms with Gasteiger partial charge in [-0.1, -0.05) is 0 Å². The summed E-state index contributed by atoms with van der Waals surface area (Å²) in [6.45, 7) is 0. The van der Waals surface area contributed by atoms with Gasteiger partial charge in [0.1, 0.15) is 0 Å². The monoisotopic (exact) mass is 116 g/mol. The van der Waals surface area contributed by atoms with E-state index in [1.54, 1.807) is 0 Å². The quantitative estimate of drug-likeness (QED) is 0.425. The molecule has 0 heterocycles. The second-order valence-corrected chi connectivity index (χ2v) is 1.80. The number of hydrogen-bond donors (Lipinski definition) is 0. The molecule has 0 spiro atoms. The van der Waals surface area contributed by atoms with E-state index in [0.717, 1.165) is 0 Å². The van der Waals surface area contributed by atoms with Gasteiger partial charge >= 0.3 is 0 Å². The van der Waals surface area contributed by atoms with Gasteiger partial charge in [-0.15, -0.1) is 0 Å². The molecule has 1 aliphatic rings. The van der Waals surface area contributed by atoms with Crippen LogP contribution in [-0.4, -0.2) is 17.7 Å². The molecule has 0 amide bonds. The SMILES string of the molecule is O=C1CCC(=O)C1F. The standard InChI is InChI=1S/C5H5FO2/c6-5-3(7)1-2-4(5)8/h5H,1-2H2. The van der Waals surface area contributed by atoms with Crippen molar-refractivity contribution in [2.24, 2.45) is 0 Å². The summed E-state index contributed by atoms with van der Waals surface area (Å²) in [6.07, 6.45) is -1.60. The van der Waals surface area contributed by atoms with Crippen LogP contribution in [0.5, 0.6) is 0 Å². The summed E-state index contributed by atoms with van der Waals surface area (Å²) in [7, 11) is 0. The molecule has 0 aromatic heterocycles. The van der Waals surface area contributed by atoms with Gasteiger partial charge in [-0.25, -0.2) is 4.39 Å². The third-order valence-corrected chi connectivity index (χ3v) is 1.18. The van der Waals surface area contributed by atoms with E-state index >= 15 is 0 Å². The summed E-state index contributed by atoms with van der Waals surface area (Å²) in [4.78, 5) is 20.4. The maximum absolute atomic E-state index is 12.0. The smallest absolute Gasteiger partial charge is 0.216 e. The predicted molar refractivity (Wildman–Crippen MR) is 24.1 cm³/mol. The van der Waals surface area contributed by atoms with E-state index in [1.807, 2.05) is 0 Å². The molecular formula is C5H5FO2. The molecule has 0 aliphatic heterocycles. The molecule has 0 saturated heterocycles. The fourth-order valence-corrected chi connectivity index (χ4v) is 0.679. The lowest BCUT2D eigenvalue weighted by Gasteiger charge is -1.86. The van der Waals surface area contributed by atoms with Gasteiger partial charge in [0.05, 0.1) is 0 Å². The van der Waals surface area contributed by atoms with E-state index in [-0.39, 0.29) is 12.8 Å². The molecule has 1 fully saturated rings. The van der Waals surface area contributed by atoms with Crippen LogP contribution in [0, 0.1) is 0 Å². The second kappa shape index (κ2) is 1.65. The molecule has 0 radical (unpaired) electrons. The van der Waals surface area contributed by atoms with Crippen molar-refractivity contribution in [3.63, 3.8) is 0 Å². The summed E-state index contributed by atoms with van der Waals surface area (Å²) in [5.74, 6) is -1.12. The van der Waals surface area contributed by atoms with Gasteiger partial charge in [0, 0.05) is 12.8 Å². The van der Waals surface area contributed by atoms with Gasteiger partial charge in [0.2, 0.25) is 6.17 Å². The molecule has 1 rings (SSSR count). The van der Waals surface area contributed by atoms with Crippen molar-refractivity contribution in [1.29, 1.82) is 0 Å². The van der Waals surface area contributed by atoms with Crippen molar-refractivity contribution < 1.29 is 14.0 Å². The van der Waals surface area contributed by atoms with Gasteiger partial charge in [-0.2, -0.15) is 0 Å². The first-order valence-electron chi connectivity index (χ1n) is 2.41. The average Bonchev–Trinajstić information content (AvgIpc) is 1.98. The Labute approximate surface area is 45.7 Å². The van der Waals surface area contributed by atoms with Crippen molar-refractivity contribution in [1.82, 2.24) is 0 Å². The summed E-state index contributed by atoms with van der Waals surface area (Å²) < 4.78 is 12.0. The molecule has 0 bridgehead atoms. The molecule has 0 aromatic carbocycles. The topological polar surface area (TPSA) is 34.1 Å². The molecule has 2 nitrogen and oxygen atoms in total. The number of halogens is 1. The normalized spacial score (nSPS) is 22.6. The fourth-order valence-electron chi connectivity index (χ4n) is 0.679. The minimum absolute atomic E-state index is 0.0972. The maximum atomic E-state index is 12.0. The first kappa shape index (κ1) is 5.41. The minimum atomic E-state index is -1.80. The van der Waals surface area contributed by atoms with Gasteiger partial charge in [-0.05, 0) is 0 Å². The molecule has 0 N–H and O–H groups in total. The first-order valence-corrected chi connectivity index (χ1v) is 2.41. The van der Waals surface area contributed by atoms with Crippen LogP contribution in [-0.2, 0) is 9.59 Å². The van der Waals surface area contributed by atoms with E-state index in [9.17, 15) is 14.0 Å². The van der Waals surface area contributed by atoms with Crippen molar-refractivity contribution >= 4 is 11.6 Å². The predicted octanol–water partition coefficient (Wildman–Crippen LogP) is 0.257. The molecule has 0 atom stereocenters. The van der Waals surface area contributed by atoms with Crippen LogP contribution < -0.4 is 0 Å². The van der Waals surface area contributed by atoms with Crippen molar-refractivity contribution in [2.45, 2.75) is 19.0 Å². The number of carbonyl (C=O) groups is 2. The maximum Gasteiger partial charge on any atom is 0.216 e. The molecule has 1 saturated carbocycles. The highest BCUT2D eigenvalue weighted by Gasteiger charge is 2.32. The lowest BCUT2D eigenvalue weighted by atomic mass is 10.3. The van der Waals surface area contributed by atoms with Crippen molar-refractivity contribution in [3.05, 3.63) is 0 Å². The zero-order valence-corrected chi connectivity index (χ0v) is 4.19. The number of hydrogen-bond acceptors (Lipinski definition) is 2. The second-order valence-electron chi connectivity index (χ2n) is 1.80. The van der Waals surface area contributed by atoms with E-state index in [2.05, 4.69) is 0 Å². The van der Waals surface area contributed by atoms with Crippen LogP contribution >= 0.6 is 0 Å². The van der Waals surface area contributed by atoms with Crippen LogP contribution in [0.2, 0.25) is 0 Å². The van der Waals surface area contributed by atoms with E-state index in [4.69, 9.17) is 0 Å². The highest BCUT2D eigenvalue weighted by molar-refractivity contribution is 6.11. The van der Waals surface area contributed by atoms with E-state index < -0.39 is 17.7 Å². The van der Waals surface area contributed by atoms with E-state index in [0.29, 0.717) is 0 Å². The third-order valence-electron chi connectivity index (χ3n) is 1.18. The number of Topliss-reactive ketones (excluding diaryl/α,β-unsaturated/α-hetero) is 2. The number of rotatable bonds is 0. The molecule has 44 valence electrons. The fraction of sp³-hybridized carbons (Fsp3) is 0.600. The number of carbonyl (C=O) groups excluding carboxylic acids is 2. The van der Waals surface area contributed by atoms with Gasteiger partial charge in [0.25, 0.3) is 0 Å². The Hall–Kier alpha value is -0.730. The van der Waals surface area contributed by atoms with Gasteiger partial charge in [0.15, 0.2) is 11.6 Å².